The van der Waals surface area contributed by atoms with Crippen LogP contribution < -0.4 is 11.0 Å². The zero-order valence-electron chi connectivity index (χ0n) is 26.7. The zero-order valence-corrected chi connectivity index (χ0v) is 28.7. The Morgan fingerprint density at radius 3 is 2.27 bits per heavy atom. The molecule has 1 aromatic carbocycles. The number of azide groups is 1. The second-order valence-corrected chi connectivity index (χ2v) is 21.3. The van der Waals surface area contributed by atoms with Crippen LogP contribution in [0.15, 0.2) is 52.5 Å². The molecule has 2 aliphatic rings. The second kappa shape index (κ2) is 14.0. The van der Waals surface area contributed by atoms with Gasteiger partial charge in [-0.1, -0.05) is 78.7 Å². The summed E-state index contributed by atoms with van der Waals surface area (Å²) in [6.07, 6.45) is -1.60. The van der Waals surface area contributed by atoms with Crippen molar-refractivity contribution < 1.29 is 27.2 Å². The lowest BCUT2D eigenvalue weighted by Crippen LogP contribution is -2.66. The third kappa shape index (κ3) is 6.70. The molecule has 0 saturated carbocycles. The average Bonchev–Trinajstić information content (AvgIpc) is 3.28. The average molecular weight is 645 g/mol. The Morgan fingerprint density at radius 1 is 1.07 bits per heavy atom. The van der Waals surface area contributed by atoms with Crippen molar-refractivity contribution in [3.8, 4) is 0 Å². The van der Waals surface area contributed by atoms with E-state index in [0.717, 1.165) is 0 Å². The van der Waals surface area contributed by atoms with Gasteiger partial charge in [-0.05, 0) is 45.9 Å². The number of benzene rings is 1. The molecule has 240 valence electrons. The van der Waals surface area contributed by atoms with Crippen LogP contribution in [0, 0.1) is 0 Å². The molecule has 0 aliphatic carbocycles. The monoisotopic (exact) mass is 644 g/mol. The lowest BCUT2D eigenvalue weighted by atomic mass is 10.1. The molecule has 44 heavy (non-hydrogen) atoms. The summed E-state index contributed by atoms with van der Waals surface area (Å²) >= 11 is 0. The number of rotatable bonds is 10. The summed E-state index contributed by atoms with van der Waals surface area (Å²) in [7, 11) is -5.87. The Bertz CT molecular complexity index is 1380. The number of hydrogen-bond acceptors (Lipinski definition) is 9. The number of fused-ring (bicyclic) bond motifs is 1. The van der Waals surface area contributed by atoms with Crippen molar-refractivity contribution in [2.45, 2.75) is 102 Å². The molecule has 0 spiro atoms. The minimum absolute atomic E-state index is 0.0583. The first-order valence-corrected chi connectivity index (χ1v) is 19.1. The van der Waals surface area contributed by atoms with Gasteiger partial charge < -0.3 is 27.8 Å². The van der Waals surface area contributed by atoms with Crippen molar-refractivity contribution in [2.24, 2.45) is 5.11 Å². The first kappa shape index (κ1) is 34.0. The fourth-order valence-electron chi connectivity index (χ4n) is 6.12. The molecule has 4 rings (SSSR count). The van der Waals surface area contributed by atoms with Crippen LogP contribution in [0.1, 0.15) is 72.0 Å². The van der Waals surface area contributed by atoms with Gasteiger partial charge in [-0.15, -0.1) is 0 Å². The number of ether oxygens (including phenoxy) is 2. The van der Waals surface area contributed by atoms with Crippen molar-refractivity contribution in [1.29, 1.82) is 0 Å². The van der Waals surface area contributed by atoms with Crippen LogP contribution in [0.4, 0.5) is 5.82 Å². The van der Waals surface area contributed by atoms with Crippen molar-refractivity contribution in [1.82, 2.24) is 9.55 Å². The van der Waals surface area contributed by atoms with E-state index in [-0.39, 0.29) is 41.3 Å². The van der Waals surface area contributed by atoms with Crippen LogP contribution in [0.2, 0.25) is 22.2 Å². The largest absolute Gasteiger partial charge is 0.414 e. The summed E-state index contributed by atoms with van der Waals surface area (Å²) in [6, 6.07) is 10.2. The first-order chi connectivity index (χ1) is 20.9. The zero-order chi connectivity index (χ0) is 32.2. The summed E-state index contributed by atoms with van der Waals surface area (Å²) in [5.74, 6) is -0.294. The molecule has 15 heteroatoms. The summed E-state index contributed by atoms with van der Waals surface area (Å²) in [5.41, 5.74) is 9.13. The maximum atomic E-state index is 13.4. The highest BCUT2D eigenvalue weighted by atomic mass is 28.5. The highest BCUT2D eigenvalue weighted by Crippen LogP contribution is 2.48. The third-order valence-electron chi connectivity index (χ3n) is 8.39. The number of hydrogen-bond donors (Lipinski definition) is 1. The lowest BCUT2D eigenvalue weighted by Gasteiger charge is -2.51. The topological polar surface area (TPSA) is 159 Å². The molecule has 2 saturated heterocycles. The molecule has 2 aliphatic heterocycles. The van der Waals surface area contributed by atoms with Crippen molar-refractivity contribution in [3.63, 3.8) is 0 Å². The van der Waals surface area contributed by atoms with Gasteiger partial charge in [0.05, 0.1) is 6.61 Å². The molecule has 2 aromatic rings. The van der Waals surface area contributed by atoms with Crippen LogP contribution in [0.5, 0.6) is 0 Å². The Labute approximate surface area is 260 Å². The molecular formula is C29H44N6O7Si2. The van der Waals surface area contributed by atoms with Crippen LogP contribution in [0.3, 0.4) is 0 Å². The highest BCUT2D eigenvalue weighted by Gasteiger charge is 2.62. The third-order valence-corrected chi connectivity index (χ3v) is 18.6. The van der Waals surface area contributed by atoms with Gasteiger partial charge in [0.1, 0.15) is 30.9 Å². The van der Waals surface area contributed by atoms with Gasteiger partial charge in [0, 0.05) is 16.7 Å². The highest BCUT2D eigenvalue weighted by molar-refractivity contribution is 6.84. The summed E-state index contributed by atoms with van der Waals surface area (Å²) in [5, 5.41) is 6.23. The number of nitrogens with zero attached hydrogens (tertiary/aromatic N) is 5. The Morgan fingerprint density at radius 2 is 1.70 bits per heavy atom. The number of carbonyl (C=O) groups is 1. The Kier molecular flexibility index (Phi) is 10.8. The molecule has 0 unspecified atom stereocenters. The van der Waals surface area contributed by atoms with E-state index in [1.54, 1.807) is 24.3 Å². The predicted molar refractivity (Wildman–Crippen MR) is 169 cm³/mol. The van der Waals surface area contributed by atoms with E-state index in [2.05, 4.69) is 75.7 Å². The smallest absolute Gasteiger partial charge is 0.351 e. The minimum atomic E-state index is -3.04. The minimum Gasteiger partial charge on any atom is -0.414 e. The Hall–Kier alpha value is -2.89. The molecule has 1 N–H and O–H groups in total. The van der Waals surface area contributed by atoms with E-state index in [0.29, 0.717) is 5.56 Å². The van der Waals surface area contributed by atoms with Gasteiger partial charge in [-0.2, -0.15) is 4.98 Å². The van der Waals surface area contributed by atoms with E-state index < -0.39 is 53.3 Å². The van der Waals surface area contributed by atoms with Gasteiger partial charge in [0.15, 0.2) is 6.23 Å². The molecule has 1 aromatic heterocycles. The van der Waals surface area contributed by atoms with Crippen molar-refractivity contribution in [2.75, 3.05) is 18.7 Å². The first-order valence-electron chi connectivity index (χ1n) is 15.1. The normalized spacial score (nSPS) is 24.5. The van der Waals surface area contributed by atoms with E-state index in [1.165, 1.54) is 16.8 Å². The van der Waals surface area contributed by atoms with Crippen LogP contribution >= 0.6 is 0 Å². The van der Waals surface area contributed by atoms with Gasteiger partial charge in [-0.3, -0.25) is 9.36 Å². The molecule has 4 atom stereocenters. The second-order valence-electron chi connectivity index (χ2n) is 12.4. The van der Waals surface area contributed by atoms with Crippen molar-refractivity contribution >= 4 is 28.8 Å². The molecular weight excluding hydrogens is 601 g/mol. The standard InChI is InChI=1S/C29H44N6O7Si2/c1-18(2)43(19(3)4)39-16-23-25(41-44(42-43,20(5)6)21(7)8)26(38-17-31-34-30)28(40-23)35-15-14-24(33-29(35)37)32-27(36)22-12-10-9-11-13-22/h9-15,18-21,23,25-26,28H,16-17H2,1-8H3,(H,32,33,36,37)/t23-,25-,26-,28-/m1/s1. The molecule has 2 fully saturated rings. The molecule has 0 radical (unpaired) electrons. The SMILES string of the molecule is CC(C)[Si]1(C(C)C)OC[C@H]2O[C@@H](n3ccc(NC(=O)c4ccccc4)nc3=O)[C@H](OCN=[N+]=[N-])[C@@H]2O[Si](C(C)C)(C(C)C)O1. The van der Waals surface area contributed by atoms with E-state index in [4.69, 9.17) is 28.0 Å². The number of nitrogens with one attached hydrogen (secondary N) is 1. The van der Waals surface area contributed by atoms with E-state index in [1.807, 2.05) is 6.07 Å². The van der Waals surface area contributed by atoms with E-state index >= 15 is 0 Å². The maximum Gasteiger partial charge on any atom is 0.351 e. The molecule has 13 nitrogen and oxygen atoms in total. The van der Waals surface area contributed by atoms with Gasteiger partial charge in [0.25, 0.3) is 5.91 Å². The molecule has 0 bridgehead atoms. The lowest BCUT2D eigenvalue weighted by molar-refractivity contribution is -0.0719. The fourth-order valence-corrected chi connectivity index (χ4v) is 17.3. The van der Waals surface area contributed by atoms with Crippen LogP contribution in [-0.2, 0) is 22.4 Å². The van der Waals surface area contributed by atoms with Crippen LogP contribution in [-0.4, -0.2) is 64.2 Å². The summed E-state index contributed by atoms with van der Waals surface area (Å²) < 4.78 is 35.1. The maximum absolute atomic E-state index is 13.4. The summed E-state index contributed by atoms with van der Waals surface area (Å²) in [4.78, 5) is 32.9. The van der Waals surface area contributed by atoms with Crippen molar-refractivity contribution in [3.05, 3.63) is 69.1 Å². The number of anilines is 1. The van der Waals surface area contributed by atoms with Gasteiger partial charge in [-0.25, -0.2) is 4.79 Å². The molecule has 1 amide bonds. The molecule has 3 heterocycles. The number of amides is 1. The van der Waals surface area contributed by atoms with E-state index in [9.17, 15) is 9.59 Å². The fraction of sp³-hybridized carbons (Fsp3) is 0.621. The quantitative estimate of drug-likeness (QED) is 0.143. The van der Waals surface area contributed by atoms with Crippen LogP contribution in [0.25, 0.3) is 10.4 Å². The van der Waals surface area contributed by atoms with Gasteiger partial charge in [0.2, 0.25) is 0 Å². The van der Waals surface area contributed by atoms with Gasteiger partial charge >= 0.3 is 22.8 Å². The number of aromatic nitrogens is 2. The Balaban J connectivity index is 1.73. The number of carbonyl (C=O) groups excluding carboxylic acids is 1. The predicted octanol–water partition coefficient (Wildman–Crippen LogP) is 6.00. The summed E-state index contributed by atoms with van der Waals surface area (Å²) in [6.45, 7) is 16.9.